The molecule has 160 valence electrons. The Morgan fingerprint density at radius 3 is 2.66 bits per heavy atom. The fourth-order valence-corrected chi connectivity index (χ4v) is 3.52. The Labute approximate surface area is 191 Å². The predicted octanol–water partition coefficient (Wildman–Crippen LogP) is 4.67. The van der Waals surface area contributed by atoms with Crippen LogP contribution >= 0.6 is 24.0 Å². The molecule has 1 fully saturated rings. The number of hydrogen-bond acceptors (Lipinski definition) is 4. The van der Waals surface area contributed by atoms with Crippen molar-refractivity contribution in [3.05, 3.63) is 47.2 Å². The van der Waals surface area contributed by atoms with Gasteiger partial charge in [0.15, 0.2) is 5.96 Å². The molecule has 0 bridgehead atoms. The molecule has 7 heteroatoms. The predicted molar refractivity (Wildman–Crippen MR) is 130 cm³/mol. The number of aromatic nitrogens is 1. The number of benzene rings is 1. The first-order valence-corrected chi connectivity index (χ1v) is 10.2. The van der Waals surface area contributed by atoms with Crippen molar-refractivity contribution in [3.63, 3.8) is 0 Å². The lowest BCUT2D eigenvalue weighted by molar-refractivity contribution is 0.166. The van der Waals surface area contributed by atoms with Crippen LogP contribution in [0, 0.1) is 19.8 Å². The average molecular weight is 511 g/mol. The summed E-state index contributed by atoms with van der Waals surface area (Å²) < 4.78 is 5.70. The van der Waals surface area contributed by atoms with E-state index in [1.165, 1.54) is 5.56 Å². The largest absolute Gasteiger partial charge is 0.444 e. The number of halogens is 1. The smallest absolute Gasteiger partial charge is 0.208 e. The number of aliphatic imine (C=N–C) groups is 1. The summed E-state index contributed by atoms with van der Waals surface area (Å²) in [6, 6.07) is 8.35. The first-order valence-electron chi connectivity index (χ1n) is 10.2. The van der Waals surface area contributed by atoms with Gasteiger partial charge in [-0.05, 0) is 69.3 Å². The zero-order chi connectivity index (χ0) is 20.1. The van der Waals surface area contributed by atoms with Crippen molar-refractivity contribution in [2.75, 3.05) is 25.0 Å². The van der Waals surface area contributed by atoms with Crippen LogP contribution in [0.1, 0.15) is 55.5 Å². The van der Waals surface area contributed by atoms with Gasteiger partial charge in [0.05, 0.1) is 12.2 Å². The van der Waals surface area contributed by atoms with Gasteiger partial charge in [-0.15, -0.1) is 24.0 Å². The highest BCUT2D eigenvalue weighted by Crippen LogP contribution is 2.21. The second-order valence-electron chi connectivity index (χ2n) is 8.10. The van der Waals surface area contributed by atoms with Crippen molar-refractivity contribution in [2.24, 2.45) is 16.6 Å². The Morgan fingerprint density at radius 1 is 1.31 bits per heavy atom. The minimum Gasteiger partial charge on any atom is -0.444 e. The van der Waals surface area contributed by atoms with Crippen LogP contribution in [0.25, 0.3) is 0 Å². The van der Waals surface area contributed by atoms with Crippen molar-refractivity contribution in [2.45, 2.75) is 53.0 Å². The fourth-order valence-electron chi connectivity index (χ4n) is 3.52. The molecule has 0 radical (unpaired) electrons. The highest BCUT2D eigenvalue weighted by Gasteiger charge is 2.20. The lowest BCUT2D eigenvalue weighted by Gasteiger charge is -2.30. The quantitative estimate of drug-likeness (QED) is 0.335. The Balaban J connectivity index is 0.00000300. The Bertz CT molecular complexity index is 790. The number of nitrogens with zero attached hydrogens (tertiary/aromatic N) is 3. The molecule has 0 unspecified atom stereocenters. The van der Waals surface area contributed by atoms with E-state index in [1.54, 1.807) is 0 Å². The first kappa shape index (κ1) is 23.7. The van der Waals surface area contributed by atoms with E-state index in [0.29, 0.717) is 17.8 Å². The fraction of sp³-hybridized carbons (Fsp3) is 0.545. The minimum atomic E-state index is 0. The van der Waals surface area contributed by atoms with Crippen molar-refractivity contribution in [1.82, 2.24) is 9.88 Å². The number of anilines is 1. The van der Waals surface area contributed by atoms with Crippen molar-refractivity contribution in [1.29, 1.82) is 0 Å². The van der Waals surface area contributed by atoms with Gasteiger partial charge in [0.25, 0.3) is 0 Å². The lowest BCUT2D eigenvalue weighted by atomic mass is 9.97. The normalized spacial score (nSPS) is 16.1. The first-order chi connectivity index (χ1) is 13.4. The summed E-state index contributed by atoms with van der Waals surface area (Å²) >= 11 is 0. The molecule has 0 amide bonds. The molecule has 2 heterocycles. The van der Waals surface area contributed by atoms with Gasteiger partial charge in [0, 0.05) is 12.2 Å². The number of nitrogens with two attached hydrogens (primary N) is 1. The maximum Gasteiger partial charge on any atom is 0.208 e. The molecule has 3 rings (SSSR count). The minimum absolute atomic E-state index is 0. The van der Waals surface area contributed by atoms with E-state index in [2.05, 4.69) is 52.2 Å². The van der Waals surface area contributed by atoms with Gasteiger partial charge >= 0.3 is 0 Å². The maximum absolute atomic E-state index is 6.10. The monoisotopic (exact) mass is 511 g/mol. The van der Waals surface area contributed by atoms with Crippen molar-refractivity contribution in [3.8, 4) is 0 Å². The molecule has 1 aromatic heterocycles. The third-order valence-electron chi connectivity index (χ3n) is 5.48. The number of hydrogen-bond donors (Lipinski definition) is 2. The molecule has 1 aliphatic rings. The van der Waals surface area contributed by atoms with Crippen LogP contribution in [0.15, 0.2) is 33.7 Å². The maximum atomic E-state index is 6.10. The summed E-state index contributed by atoms with van der Waals surface area (Å²) in [5, 5.41) is 3.22. The third-order valence-corrected chi connectivity index (χ3v) is 5.48. The highest BCUT2D eigenvalue weighted by atomic mass is 127. The number of oxazole rings is 1. The summed E-state index contributed by atoms with van der Waals surface area (Å²) in [6.45, 7) is 12.0. The second kappa shape index (κ2) is 11.0. The number of likely N-dealkylation sites (tertiary alicyclic amines) is 1. The molecule has 0 aliphatic carbocycles. The molecular formula is C22H34IN5O. The van der Waals surface area contributed by atoms with E-state index in [4.69, 9.17) is 10.2 Å². The van der Waals surface area contributed by atoms with E-state index in [9.17, 15) is 0 Å². The standard InChI is InChI=1S/C22H33N5O.HI/c1-15(2)19-6-5-7-20(12-19)26-22(23)24-13-18-8-10-27(11-9-18)14-21-25-16(3)17(4)28-21;/h5-7,12,15,18H,8-11,13-14H2,1-4H3,(H3,23,24,26);1H. The molecule has 1 aliphatic heterocycles. The molecule has 1 aromatic carbocycles. The van der Waals surface area contributed by atoms with E-state index in [0.717, 1.165) is 62.1 Å². The van der Waals surface area contributed by atoms with E-state index >= 15 is 0 Å². The Hall–Kier alpha value is -1.61. The Morgan fingerprint density at radius 2 is 2.03 bits per heavy atom. The summed E-state index contributed by atoms with van der Waals surface area (Å²) in [6.07, 6.45) is 2.25. The van der Waals surface area contributed by atoms with Crippen LogP contribution < -0.4 is 11.1 Å². The van der Waals surface area contributed by atoms with Gasteiger partial charge in [-0.1, -0.05) is 26.0 Å². The molecule has 0 atom stereocenters. The average Bonchev–Trinajstić information content (AvgIpc) is 2.98. The number of piperidine rings is 1. The van der Waals surface area contributed by atoms with E-state index in [1.807, 2.05) is 19.9 Å². The summed E-state index contributed by atoms with van der Waals surface area (Å²) in [4.78, 5) is 11.5. The van der Waals surface area contributed by atoms with E-state index < -0.39 is 0 Å². The topological polar surface area (TPSA) is 79.7 Å². The molecular weight excluding hydrogens is 477 g/mol. The van der Waals surface area contributed by atoms with Crippen molar-refractivity contribution >= 4 is 35.6 Å². The van der Waals surface area contributed by atoms with Crippen LogP contribution in [-0.2, 0) is 6.54 Å². The summed E-state index contributed by atoms with van der Waals surface area (Å²) in [5.74, 6) is 3.31. The van der Waals surface area contributed by atoms with Crippen LogP contribution in [0.4, 0.5) is 5.69 Å². The molecule has 6 nitrogen and oxygen atoms in total. The SMILES string of the molecule is Cc1nc(CN2CCC(CN=C(N)Nc3cccc(C(C)C)c3)CC2)oc1C.I. The second-order valence-corrected chi connectivity index (χ2v) is 8.10. The summed E-state index contributed by atoms with van der Waals surface area (Å²) in [5.41, 5.74) is 9.38. The third kappa shape index (κ3) is 6.99. The zero-order valence-corrected chi connectivity index (χ0v) is 20.3. The Kier molecular flexibility index (Phi) is 8.95. The zero-order valence-electron chi connectivity index (χ0n) is 17.9. The lowest BCUT2D eigenvalue weighted by Crippen LogP contribution is -2.34. The van der Waals surface area contributed by atoms with Gasteiger partial charge in [0.2, 0.25) is 5.89 Å². The molecule has 0 saturated carbocycles. The molecule has 2 aromatic rings. The van der Waals surface area contributed by atoms with Crippen LogP contribution in [0.2, 0.25) is 0 Å². The van der Waals surface area contributed by atoms with E-state index in [-0.39, 0.29) is 24.0 Å². The van der Waals surface area contributed by atoms with Crippen LogP contribution in [-0.4, -0.2) is 35.5 Å². The highest BCUT2D eigenvalue weighted by molar-refractivity contribution is 14.0. The van der Waals surface area contributed by atoms with Gasteiger partial charge in [-0.3, -0.25) is 9.89 Å². The van der Waals surface area contributed by atoms with Crippen LogP contribution in [0.5, 0.6) is 0 Å². The molecule has 0 spiro atoms. The summed E-state index contributed by atoms with van der Waals surface area (Å²) in [7, 11) is 0. The molecule has 3 N–H and O–H groups in total. The number of nitrogens with one attached hydrogen (secondary N) is 1. The number of guanidine groups is 1. The van der Waals surface area contributed by atoms with Crippen LogP contribution in [0.3, 0.4) is 0 Å². The van der Waals surface area contributed by atoms with Gasteiger partial charge in [-0.25, -0.2) is 4.98 Å². The van der Waals surface area contributed by atoms with Gasteiger partial charge in [-0.2, -0.15) is 0 Å². The number of rotatable bonds is 6. The van der Waals surface area contributed by atoms with Gasteiger partial charge in [0.1, 0.15) is 5.76 Å². The van der Waals surface area contributed by atoms with Crippen molar-refractivity contribution < 1.29 is 4.42 Å². The number of aryl methyl sites for hydroxylation is 2. The molecule has 29 heavy (non-hydrogen) atoms. The molecule has 1 saturated heterocycles. The van der Waals surface area contributed by atoms with Gasteiger partial charge < -0.3 is 15.5 Å².